The molecule has 3 rings (SSSR count). The fourth-order valence-electron chi connectivity index (χ4n) is 3.13. The molecule has 1 aromatic heterocycles. The standard InChI is InChI=1S/C19H22N2O/c1-14-5-7-16(8-6-14)18-4-3-11-21(13-18)19(22)17-9-10-20-15(2)12-17/h5-10,12,18H,3-4,11,13H2,1-2H3. The van der Waals surface area contributed by atoms with E-state index in [0.29, 0.717) is 5.92 Å². The van der Waals surface area contributed by atoms with Crippen LogP contribution >= 0.6 is 0 Å². The Labute approximate surface area is 132 Å². The van der Waals surface area contributed by atoms with Crippen molar-refractivity contribution in [2.24, 2.45) is 0 Å². The molecule has 114 valence electrons. The molecule has 0 bridgehead atoms. The first kappa shape index (κ1) is 14.8. The number of hydrogen-bond donors (Lipinski definition) is 0. The molecule has 22 heavy (non-hydrogen) atoms. The van der Waals surface area contributed by atoms with Crippen LogP contribution in [0.15, 0.2) is 42.6 Å². The molecule has 3 nitrogen and oxygen atoms in total. The zero-order chi connectivity index (χ0) is 15.5. The van der Waals surface area contributed by atoms with Crippen molar-refractivity contribution in [2.75, 3.05) is 13.1 Å². The summed E-state index contributed by atoms with van der Waals surface area (Å²) in [6.45, 7) is 5.68. The monoisotopic (exact) mass is 294 g/mol. The quantitative estimate of drug-likeness (QED) is 0.846. The largest absolute Gasteiger partial charge is 0.338 e. The summed E-state index contributed by atoms with van der Waals surface area (Å²) in [5.41, 5.74) is 4.25. The molecule has 0 N–H and O–H groups in total. The summed E-state index contributed by atoms with van der Waals surface area (Å²) < 4.78 is 0. The molecule has 1 fully saturated rings. The number of hydrogen-bond acceptors (Lipinski definition) is 2. The number of benzene rings is 1. The van der Waals surface area contributed by atoms with Crippen LogP contribution in [0.4, 0.5) is 0 Å². The Morgan fingerprint density at radius 3 is 2.68 bits per heavy atom. The van der Waals surface area contributed by atoms with E-state index in [1.807, 2.05) is 24.0 Å². The lowest BCUT2D eigenvalue weighted by Gasteiger charge is -2.33. The van der Waals surface area contributed by atoms with Crippen molar-refractivity contribution in [3.63, 3.8) is 0 Å². The van der Waals surface area contributed by atoms with E-state index in [0.717, 1.165) is 37.2 Å². The number of aryl methyl sites for hydroxylation is 2. The van der Waals surface area contributed by atoms with Gasteiger partial charge < -0.3 is 4.90 Å². The van der Waals surface area contributed by atoms with Crippen LogP contribution in [-0.4, -0.2) is 28.9 Å². The molecule has 0 saturated carbocycles. The van der Waals surface area contributed by atoms with Gasteiger partial charge in [-0.25, -0.2) is 0 Å². The van der Waals surface area contributed by atoms with Crippen molar-refractivity contribution < 1.29 is 4.79 Å². The normalized spacial score (nSPS) is 18.3. The first-order valence-electron chi connectivity index (χ1n) is 7.92. The molecule has 1 saturated heterocycles. The summed E-state index contributed by atoms with van der Waals surface area (Å²) in [4.78, 5) is 18.8. The average molecular weight is 294 g/mol. The Balaban J connectivity index is 1.75. The molecule has 2 heterocycles. The van der Waals surface area contributed by atoms with Crippen LogP contribution in [0.3, 0.4) is 0 Å². The maximum atomic E-state index is 12.7. The van der Waals surface area contributed by atoms with Crippen LogP contribution in [0, 0.1) is 13.8 Å². The predicted molar refractivity (Wildman–Crippen MR) is 88.0 cm³/mol. The van der Waals surface area contributed by atoms with Crippen molar-refractivity contribution in [1.29, 1.82) is 0 Å². The van der Waals surface area contributed by atoms with Gasteiger partial charge in [0, 0.05) is 36.5 Å². The maximum absolute atomic E-state index is 12.7. The lowest BCUT2D eigenvalue weighted by atomic mass is 9.90. The fourth-order valence-corrected chi connectivity index (χ4v) is 3.13. The van der Waals surface area contributed by atoms with Gasteiger partial charge in [0.1, 0.15) is 0 Å². The van der Waals surface area contributed by atoms with E-state index < -0.39 is 0 Å². The van der Waals surface area contributed by atoms with E-state index in [9.17, 15) is 4.79 Å². The van der Waals surface area contributed by atoms with Crippen molar-refractivity contribution in [1.82, 2.24) is 9.88 Å². The molecule has 0 radical (unpaired) electrons. The molecule has 0 aliphatic carbocycles. The number of amides is 1. The van der Waals surface area contributed by atoms with E-state index >= 15 is 0 Å². The van der Waals surface area contributed by atoms with Gasteiger partial charge in [0.2, 0.25) is 0 Å². The van der Waals surface area contributed by atoms with E-state index in [-0.39, 0.29) is 5.91 Å². The number of pyridine rings is 1. The SMILES string of the molecule is Cc1ccc(C2CCCN(C(=O)c3ccnc(C)c3)C2)cc1. The molecule has 2 aromatic rings. The van der Waals surface area contributed by atoms with Crippen LogP contribution in [0.5, 0.6) is 0 Å². The van der Waals surface area contributed by atoms with E-state index in [1.165, 1.54) is 11.1 Å². The van der Waals surface area contributed by atoms with Crippen LogP contribution < -0.4 is 0 Å². The van der Waals surface area contributed by atoms with Gasteiger partial charge >= 0.3 is 0 Å². The van der Waals surface area contributed by atoms with Crippen LogP contribution in [0.1, 0.15) is 45.9 Å². The second-order valence-electron chi connectivity index (χ2n) is 6.19. The van der Waals surface area contributed by atoms with Crippen LogP contribution in [-0.2, 0) is 0 Å². The first-order chi connectivity index (χ1) is 10.6. The summed E-state index contributed by atoms with van der Waals surface area (Å²) in [5, 5.41) is 0. The molecule has 0 spiro atoms. The highest BCUT2D eigenvalue weighted by atomic mass is 16.2. The molecule has 1 atom stereocenters. The molecule has 1 aliphatic rings. The highest BCUT2D eigenvalue weighted by Crippen LogP contribution is 2.28. The predicted octanol–water partition coefficient (Wildman–Crippen LogP) is 3.72. The zero-order valence-corrected chi connectivity index (χ0v) is 13.2. The van der Waals surface area contributed by atoms with Gasteiger partial charge in [-0.3, -0.25) is 9.78 Å². The van der Waals surface area contributed by atoms with E-state index in [4.69, 9.17) is 0 Å². The zero-order valence-electron chi connectivity index (χ0n) is 13.2. The third-order valence-electron chi connectivity index (χ3n) is 4.40. The summed E-state index contributed by atoms with van der Waals surface area (Å²) >= 11 is 0. The van der Waals surface area contributed by atoms with Gasteiger partial charge in [0.15, 0.2) is 0 Å². The van der Waals surface area contributed by atoms with Gasteiger partial charge in [-0.2, -0.15) is 0 Å². The molecular formula is C19H22N2O. The first-order valence-corrected chi connectivity index (χ1v) is 7.92. The maximum Gasteiger partial charge on any atom is 0.253 e. The van der Waals surface area contributed by atoms with Crippen molar-refractivity contribution in [3.05, 3.63) is 65.0 Å². The minimum atomic E-state index is 0.127. The number of carbonyl (C=O) groups excluding carboxylic acids is 1. The second kappa shape index (κ2) is 6.30. The summed E-state index contributed by atoms with van der Waals surface area (Å²) in [5.74, 6) is 0.573. The minimum absolute atomic E-state index is 0.127. The number of rotatable bonds is 2. The minimum Gasteiger partial charge on any atom is -0.338 e. The topological polar surface area (TPSA) is 33.2 Å². The lowest BCUT2D eigenvalue weighted by Crippen LogP contribution is -2.39. The second-order valence-corrected chi connectivity index (χ2v) is 6.19. The number of piperidine rings is 1. The lowest BCUT2D eigenvalue weighted by molar-refractivity contribution is 0.0707. The number of nitrogens with zero attached hydrogens (tertiary/aromatic N) is 2. The van der Waals surface area contributed by atoms with Gasteiger partial charge in [0.25, 0.3) is 5.91 Å². The van der Waals surface area contributed by atoms with Crippen LogP contribution in [0.25, 0.3) is 0 Å². The molecule has 3 heteroatoms. The third-order valence-corrected chi connectivity index (χ3v) is 4.40. The summed E-state index contributed by atoms with van der Waals surface area (Å²) in [6, 6.07) is 12.4. The number of aromatic nitrogens is 1. The molecule has 1 aromatic carbocycles. The van der Waals surface area contributed by atoms with Crippen molar-refractivity contribution >= 4 is 5.91 Å². The van der Waals surface area contributed by atoms with E-state index in [1.54, 1.807) is 6.20 Å². The Kier molecular flexibility index (Phi) is 4.23. The summed E-state index contributed by atoms with van der Waals surface area (Å²) in [6.07, 6.45) is 3.93. The molecule has 1 aliphatic heterocycles. The van der Waals surface area contributed by atoms with Crippen molar-refractivity contribution in [3.8, 4) is 0 Å². The Morgan fingerprint density at radius 2 is 1.95 bits per heavy atom. The Hall–Kier alpha value is -2.16. The highest BCUT2D eigenvalue weighted by Gasteiger charge is 2.25. The molecular weight excluding hydrogens is 272 g/mol. The smallest absolute Gasteiger partial charge is 0.253 e. The number of likely N-dealkylation sites (tertiary alicyclic amines) is 1. The molecule has 1 unspecified atom stereocenters. The van der Waals surface area contributed by atoms with E-state index in [2.05, 4.69) is 36.2 Å². The van der Waals surface area contributed by atoms with Crippen molar-refractivity contribution in [2.45, 2.75) is 32.6 Å². The molecule has 1 amide bonds. The van der Waals surface area contributed by atoms with Crippen LogP contribution in [0.2, 0.25) is 0 Å². The van der Waals surface area contributed by atoms with Gasteiger partial charge in [0.05, 0.1) is 0 Å². The fraction of sp³-hybridized carbons (Fsp3) is 0.368. The highest BCUT2D eigenvalue weighted by molar-refractivity contribution is 5.94. The van der Waals surface area contributed by atoms with Gasteiger partial charge in [-0.15, -0.1) is 0 Å². The third kappa shape index (κ3) is 3.19. The Morgan fingerprint density at radius 1 is 1.18 bits per heavy atom. The summed E-state index contributed by atoms with van der Waals surface area (Å²) in [7, 11) is 0. The van der Waals surface area contributed by atoms with Gasteiger partial charge in [-0.05, 0) is 44.4 Å². The number of carbonyl (C=O) groups is 1. The average Bonchev–Trinajstić information content (AvgIpc) is 2.55. The van der Waals surface area contributed by atoms with Gasteiger partial charge in [-0.1, -0.05) is 29.8 Å². The Bertz CT molecular complexity index is 663.